The summed E-state index contributed by atoms with van der Waals surface area (Å²) >= 11 is 1.36. The van der Waals surface area contributed by atoms with Crippen LogP contribution in [0.15, 0.2) is 84.3 Å². The zero-order valence-corrected chi connectivity index (χ0v) is 18.5. The number of ether oxygens (including phenoxy) is 1. The first-order valence-electron chi connectivity index (χ1n) is 10.2. The summed E-state index contributed by atoms with van der Waals surface area (Å²) in [7, 11) is 1.64. The highest BCUT2D eigenvalue weighted by atomic mass is 32.2. The third-order valence-corrected chi connectivity index (χ3v) is 5.72. The standard InChI is InChI=1S/C24H23N5O2S/c1-31-21-11-9-18(10-12-21)13-15-26-22(30)17-32-24-28-27-23(19-6-5-14-25-16-19)29(24)20-7-3-2-4-8-20/h2-12,14,16H,13,15,17H2,1H3,(H,26,30). The van der Waals surface area contributed by atoms with E-state index in [1.165, 1.54) is 11.8 Å². The molecule has 0 aliphatic carbocycles. The number of carbonyl (C=O) groups is 1. The van der Waals surface area contributed by atoms with Crippen LogP contribution in [0.5, 0.6) is 5.75 Å². The highest BCUT2D eigenvalue weighted by molar-refractivity contribution is 7.99. The number of para-hydroxylation sites is 1. The minimum absolute atomic E-state index is 0.0472. The van der Waals surface area contributed by atoms with Crippen LogP contribution < -0.4 is 10.1 Å². The summed E-state index contributed by atoms with van der Waals surface area (Å²) in [5.74, 6) is 1.71. The van der Waals surface area contributed by atoms with Crippen LogP contribution in [-0.4, -0.2) is 45.1 Å². The Labute approximate surface area is 190 Å². The molecule has 4 rings (SSSR count). The van der Waals surface area contributed by atoms with Crippen molar-refractivity contribution >= 4 is 17.7 Å². The molecule has 0 spiro atoms. The first-order chi connectivity index (χ1) is 15.7. The second-order valence-corrected chi connectivity index (χ2v) is 7.90. The number of methoxy groups -OCH3 is 1. The number of thioether (sulfide) groups is 1. The number of amides is 1. The molecule has 8 heteroatoms. The van der Waals surface area contributed by atoms with E-state index in [-0.39, 0.29) is 11.7 Å². The zero-order valence-electron chi connectivity index (χ0n) is 17.6. The van der Waals surface area contributed by atoms with E-state index in [4.69, 9.17) is 4.74 Å². The maximum atomic E-state index is 12.4. The maximum absolute atomic E-state index is 12.4. The topological polar surface area (TPSA) is 81.9 Å². The van der Waals surface area contributed by atoms with Crippen molar-refractivity contribution in [2.45, 2.75) is 11.6 Å². The average Bonchev–Trinajstić information content (AvgIpc) is 3.28. The Morgan fingerprint density at radius 2 is 1.84 bits per heavy atom. The van der Waals surface area contributed by atoms with Gasteiger partial charge in [0.25, 0.3) is 0 Å². The van der Waals surface area contributed by atoms with E-state index >= 15 is 0 Å². The van der Waals surface area contributed by atoms with Crippen molar-refractivity contribution in [3.63, 3.8) is 0 Å². The van der Waals surface area contributed by atoms with Crippen LogP contribution in [0.3, 0.4) is 0 Å². The van der Waals surface area contributed by atoms with Crippen LogP contribution in [0.1, 0.15) is 5.56 Å². The number of nitrogens with zero attached hydrogens (tertiary/aromatic N) is 4. The fourth-order valence-corrected chi connectivity index (χ4v) is 3.96. The molecule has 0 atom stereocenters. The molecule has 2 aromatic heterocycles. The van der Waals surface area contributed by atoms with Crippen molar-refractivity contribution in [2.75, 3.05) is 19.4 Å². The molecule has 0 bridgehead atoms. The van der Waals surface area contributed by atoms with Crippen LogP contribution in [0.2, 0.25) is 0 Å². The van der Waals surface area contributed by atoms with Crippen molar-refractivity contribution in [1.29, 1.82) is 0 Å². The first kappa shape index (κ1) is 21.6. The molecule has 0 unspecified atom stereocenters. The summed E-state index contributed by atoms with van der Waals surface area (Å²) in [4.78, 5) is 16.6. The van der Waals surface area contributed by atoms with Gasteiger partial charge in [-0.3, -0.25) is 14.3 Å². The van der Waals surface area contributed by atoms with Gasteiger partial charge in [-0.2, -0.15) is 0 Å². The number of pyridine rings is 1. The van der Waals surface area contributed by atoms with E-state index in [9.17, 15) is 4.79 Å². The van der Waals surface area contributed by atoms with Crippen LogP contribution in [-0.2, 0) is 11.2 Å². The fraction of sp³-hybridized carbons (Fsp3) is 0.167. The SMILES string of the molecule is COc1ccc(CCNC(=O)CSc2nnc(-c3cccnc3)n2-c2ccccc2)cc1. The fourth-order valence-electron chi connectivity index (χ4n) is 3.17. The molecular weight excluding hydrogens is 422 g/mol. The van der Waals surface area contributed by atoms with Crippen molar-refractivity contribution in [2.24, 2.45) is 0 Å². The van der Waals surface area contributed by atoms with Gasteiger partial charge in [-0.1, -0.05) is 42.1 Å². The van der Waals surface area contributed by atoms with E-state index in [0.717, 1.165) is 29.0 Å². The Hall–Kier alpha value is -3.65. The van der Waals surface area contributed by atoms with Gasteiger partial charge in [-0.25, -0.2) is 0 Å². The van der Waals surface area contributed by atoms with Crippen LogP contribution in [0.25, 0.3) is 17.1 Å². The number of rotatable bonds is 9. The Kier molecular flexibility index (Phi) is 7.14. The molecule has 2 aromatic carbocycles. The summed E-state index contributed by atoms with van der Waals surface area (Å²) in [6, 6.07) is 21.5. The first-order valence-corrected chi connectivity index (χ1v) is 11.2. The second-order valence-electron chi connectivity index (χ2n) is 6.96. The third kappa shape index (κ3) is 5.33. The van der Waals surface area contributed by atoms with Crippen molar-refractivity contribution in [3.05, 3.63) is 84.7 Å². The predicted molar refractivity (Wildman–Crippen MR) is 125 cm³/mol. The summed E-state index contributed by atoms with van der Waals surface area (Å²) in [5, 5.41) is 12.3. The van der Waals surface area contributed by atoms with Gasteiger partial charge >= 0.3 is 0 Å². The van der Waals surface area contributed by atoms with Gasteiger partial charge in [0.05, 0.1) is 12.9 Å². The Morgan fingerprint density at radius 1 is 1.03 bits per heavy atom. The van der Waals surface area contributed by atoms with Crippen LogP contribution >= 0.6 is 11.8 Å². The second kappa shape index (κ2) is 10.6. The molecule has 2 heterocycles. The highest BCUT2D eigenvalue weighted by Crippen LogP contribution is 2.27. The molecular formula is C24H23N5O2S. The molecule has 0 saturated heterocycles. The van der Waals surface area contributed by atoms with Gasteiger partial charge in [-0.15, -0.1) is 10.2 Å². The molecule has 0 radical (unpaired) electrons. The van der Waals surface area contributed by atoms with E-state index in [0.29, 0.717) is 17.5 Å². The van der Waals surface area contributed by atoms with Crippen molar-refractivity contribution < 1.29 is 9.53 Å². The number of hydrogen-bond donors (Lipinski definition) is 1. The molecule has 32 heavy (non-hydrogen) atoms. The van der Waals surface area contributed by atoms with E-state index in [1.54, 1.807) is 19.5 Å². The lowest BCUT2D eigenvalue weighted by molar-refractivity contribution is -0.118. The summed E-state index contributed by atoms with van der Waals surface area (Å²) < 4.78 is 7.12. The van der Waals surface area contributed by atoms with Gasteiger partial charge < -0.3 is 10.1 Å². The molecule has 1 N–H and O–H groups in total. The van der Waals surface area contributed by atoms with E-state index < -0.39 is 0 Å². The molecule has 1 amide bonds. The van der Waals surface area contributed by atoms with Crippen LogP contribution in [0, 0.1) is 0 Å². The molecule has 0 aliphatic heterocycles. The molecule has 0 fully saturated rings. The van der Waals surface area contributed by atoms with Gasteiger partial charge in [0.2, 0.25) is 5.91 Å². The predicted octanol–water partition coefficient (Wildman–Crippen LogP) is 3.79. The number of hydrogen-bond acceptors (Lipinski definition) is 6. The van der Waals surface area contributed by atoms with Crippen LogP contribution in [0.4, 0.5) is 0 Å². The number of benzene rings is 2. The van der Waals surface area contributed by atoms with Gasteiger partial charge in [0.1, 0.15) is 5.75 Å². The average molecular weight is 446 g/mol. The maximum Gasteiger partial charge on any atom is 0.230 e. The molecule has 162 valence electrons. The largest absolute Gasteiger partial charge is 0.497 e. The summed E-state index contributed by atoms with van der Waals surface area (Å²) in [6.07, 6.45) is 4.23. The lowest BCUT2D eigenvalue weighted by atomic mass is 10.1. The van der Waals surface area contributed by atoms with Crippen molar-refractivity contribution in [1.82, 2.24) is 25.1 Å². The molecule has 4 aromatic rings. The van der Waals surface area contributed by atoms with Gasteiger partial charge in [-0.05, 0) is 48.4 Å². The molecule has 0 saturated carbocycles. The number of carbonyl (C=O) groups excluding carboxylic acids is 1. The number of aromatic nitrogens is 4. The third-order valence-electron chi connectivity index (χ3n) is 4.79. The Morgan fingerprint density at radius 3 is 2.56 bits per heavy atom. The zero-order chi connectivity index (χ0) is 22.2. The number of nitrogens with one attached hydrogen (secondary N) is 1. The highest BCUT2D eigenvalue weighted by Gasteiger charge is 2.17. The van der Waals surface area contributed by atoms with E-state index in [2.05, 4.69) is 20.5 Å². The van der Waals surface area contributed by atoms with E-state index in [1.807, 2.05) is 71.3 Å². The minimum atomic E-state index is -0.0472. The molecule has 7 nitrogen and oxygen atoms in total. The minimum Gasteiger partial charge on any atom is -0.497 e. The van der Waals surface area contributed by atoms with Gasteiger partial charge in [0, 0.05) is 30.2 Å². The lowest BCUT2D eigenvalue weighted by Crippen LogP contribution is -2.27. The Balaban J connectivity index is 1.40. The monoisotopic (exact) mass is 445 g/mol. The molecule has 0 aliphatic rings. The Bertz CT molecular complexity index is 1150. The van der Waals surface area contributed by atoms with Gasteiger partial charge in [0.15, 0.2) is 11.0 Å². The lowest BCUT2D eigenvalue weighted by Gasteiger charge is -2.10. The summed E-state index contributed by atoms with van der Waals surface area (Å²) in [5.41, 5.74) is 2.93. The normalized spacial score (nSPS) is 10.7. The smallest absolute Gasteiger partial charge is 0.230 e. The van der Waals surface area contributed by atoms with Crippen molar-refractivity contribution in [3.8, 4) is 22.8 Å². The quantitative estimate of drug-likeness (QED) is 0.395. The summed E-state index contributed by atoms with van der Waals surface area (Å²) in [6.45, 7) is 0.567.